The van der Waals surface area contributed by atoms with Crippen molar-refractivity contribution in [3.63, 3.8) is 0 Å². The minimum atomic E-state index is 0.720. The van der Waals surface area contributed by atoms with E-state index in [1.807, 2.05) is 11.3 Å². The number of thiophene rings is 1. The Morgan fingerprint density at radius 1 is 1.50 bits per heavy atom. The van der Waals surface area contributed by atoms with Gasteiger partial charge in [-0.15, -0.1) is 0 Å². The fraction of sp³-hybridized carbons (Fsp3) is 0.556. The minimum absolute atomic E-state index is 0.720. The Morgan fingerprint density at radius 2 is 2.33 bits per heavy atom. The predicted octanol–water partition coefficient (Wildman–Crippen LogP) is 1.67. The Hall–Kier alpha value is 0.739. The average molecular weight is 312 g/mol. The topological polar surface area (TPSA) is 0 Å². The van der Waals surface area contributed by atoms with Gasteiger partial charge in [-0.3, -0.25) is 0 Å². The van der Waals surface area contributed by atoms with Gasteiger partial charge in [0.2, 0.25) is 0 Å². The van der Waals surface area contributed by atoms with Gasteiger partial charge < -0.3 is 0 Å². The fourth-order valence-electron chi connectivity index (χ4n) is 0.866. The molecule has 0 unspecified atom stereocenters. The van der Waals surface area contributed by atoms with Crippen LogP contribution >= 0.6 is 11.3 Å². The summed E-state index contributed by atoms with van der Waals surface area (Å²) < 4.78 is 3.36. The maximum absolute atomic E-state index is 2.33. The van der Waals surface area contributed by atoms with Gasteiger partial charge in [0.05, 0.1) is 0 Å². The monoisotopic (exact) mass is 314 g/mol. The molecule has 0 nitrogen and oxygen atoms in total. The summed E-state index contributed by atoms with van der Waals surface area (Å²) in [4.78, 5) is 0. The second-order valence-corrected chi connectivity index (χ2v) is 8.08. The summed E-state index contributed by atoms with van der Waals surface area (Å²) in [6.07, 6.45) is 2.75. The summed E-state index contributed by atoms with van der Waals surface area (Å²) in [5.41, 5.74) is 0. The molecule has 0 saturated heterocycles. The van der Waals surface area contributed by atoms with Crippen LogP contribution in [-0.4, -0.2) is 29.9 Å². The second-order valence-electron chi connectivity index (χ2n) is 2.48. The van der Waals surface area contributed by atoms with Crippen LogP contribution in [0, 0.1) is 0 Å². The molecular formula is C9H14SSe2. The predicted molar refractivity (Wildman–Crippen MR) is 60.7 cm³/mol. The van der Waals surface area contributed by atoms with Crippen molar-refractivity contribution in [1.82, 2.24) is 0 Å². The van der Waals surface area contributed by atoms with E-state index in [4.69, 9.17) is 0 Å². The third-order valence-corrected chi connectivity index (χ3v) is 8.30. The Kier molecular flexibility index (Phi) is 5.62. The number of unbranched alkanes of at least 4 members (excludes halogenated alkanes) is 1. The SMILES string of the molecule is CCCC[Se]c1ccsc1[Se]C. The Labute approximate surface area is 91.5 Å². The molecule has 0 aromatic carbocycles. The molecule has 12 heavy (non-hydrogen) atoms. The van der Waals surface area contributed by atoms with Crippen LogP contribution in [0.5, 0.6) is 0 Å². The Balaban J connectivity index is 2.39. The number of rotatable bonds is 5. The van der Waals surface area contributed by atoms with E-state index in [2.05, 4.69) is 24.2 Å². The average Bonchev–Trinajstić information content (AvgIpc) is 2.52. The third kappa shape index (κ3) is 3.24. The Morgan fingerprint density at radius 3 is 3.00 bits per heavy atom. The molecule has 68 valence electrons. The van der Waals surface area contributed by atoms with Crippen LogP contribution in [-0.2, 0) is 0 Å². The molecule has 1 rings (SSSR count). The van der Waals surface area contributed by atoms with E-state index in [1.54, 1.807) is 8.24 Å². The molecule has 0 N–H and O–H groups in total. The van der Waals surface area contributed by atoms with Crippen LogP contribution in [0.2, 0.25) is 11.1 Å². The zero-order chi connectivity index (χ0) is 8.81. The van der Waals surface area contributed by atoms with Gasteiger partial charge in [0.15, 0.2) is 0 Å². The molecule has 0 aliphatic heterocycles. The molecule has 0 atom stereocenters. The molecule has 1 aromatic heterocycles. The first kappa shape index (κ1) is 10.8. The fourth-order valence-corrected chi connectivity index (χ4v) is 7.31. The van der Waals surface area contributed by atoms with Crippen LogP contribution in [0.25, 0.3) is 0 Å². The van der Waals surface area contributed by atoms with Gasteiger partial charge in [0.1, 0.15) is 0 Å². The van der Waals surface area contributed by atoms with E-state index in [0.717, 1.165) is 29.9 Å². The van der Waals surface area contributed by atoms with Crippen molar-refractivity contribution in [3.05, 3.63) is 11.4 Å². The maximum atomic E-state index is 2.33. The van der Waals surface area contributed by atoms with Gasteiger partial charge in [-0.2, -0.15) is 0 Å². The van der Waals surface area contributed by atoms with Gasteiger partial charge in [0, 0.05) is 0 Å². The zero-order valence-electron chi connectivity index (χ0n) is 7.50. The summed E-state index contributed by atoms with van der Waals surface area (Å²) in [5.74, 6) is 2.32. The van der Waals surface area contributed by atoms with Crippen LogP contribution in [0.3, 0.4) is 0 Å². The molecule has 0 spiro atoms. The summed E-state index contributed by atoms with van der Waals surface area (Å²) in [6.45, 7) is 2.27. The van der Waals surface area contributed by atoms with Crippen molar-refractivity contribution in [1.29, 1.82) is 0 Å². The van der Waals surface area contributed by atoms with Gasteiger partial charge in [-0.05, 0) is 0 Å². The first-order chi connectivity index (χ1) is 5.88. The van der Waals surface area contributed by atoms with Gasteiger partial charge in [-0.25, -0.2) is 0 Å². The van der Waals surface area contributed by atoms with Crippen molar-refractivity contribution in [3.8, 4) is 0 Å². The van der Waals surface area contributed by atoms with Crippen LogP contribution in [0.4, 0.5) is 0 Å². The molecule has 0 saturated carbocycles. The molecule has 1 heterocycles. The molecule has 0 aliphatic rings. The quantitative estimate of drug-likeness (QED) is 0.573. The first-order valence-corrected chi connectivity index (χ1v) is 9.64. The van der Waals surface area contributed by atoms with Gasteiger partial charge in [0.25, 0.3) is 0 Å². The van der Waals surface area contributed by atoms with E-state index in [1.165, 1.54) is 18.2 Å². The van der Waals surface area contributed by atoms with E-state index in [0.29, 0.717) is 0 Å². The van der Waals surface area contributed by atoms with Gasteiger partial charge in [-0.1, -0.05) is 0 Å². The summed E-state index contributed by atoms with van der Waals surface area (Å²) in [5, 5.41) is 3.69. The third-order valence-electron chi connectivity index (χ3n) is 1.54. The van der Waals surface area contributed by atoms with Crippen molar-refractivity contribution in [2.75, 3.05) is 0 Å². The second kappa shape index (κ2) is 6.23. The zero-order valence-corrected chi connectivity index (χ0v) is 11.7. The Bertz CT molecular complexity index is 220. The van der Waals surface area contributed by atoms with Crippen LogP contribution in [0.15, 0.2) is 11.4 Å². The molecule has 0 aliphatic carbocycles. The van der Waals surface area contributed by atoms with Gasteiger partial charge >= 0.3 is 91.8 Å². The molecule has 3 heteroatoms. The van der Waals surface area contributed by atoms with E-state index in [9.17, 15) is 0 Å². The molecule has 0 bridgehead atoms. The number of hydrogen-bond acceptors (Lipinski definition) is 1. The summed E-state index contributed by atoms with van der Waals surface area (Å²) >= 11 is 3.44. The standard InChI is InChI=1S/C9H14SSe2/c1-3-4-7-12-8-5-6-10-9(8)11-2/h5-6H,3-4,7H2,1-2H3. The molecular weight excluding hydrogens is 298 g/mol. The van der Waals surface area contributed by atoms with Crippen LogP contribution in [0.1, 0.15) is 19.8 Å². The van der Waals surface area contributed by atoms with Crippen molar-refractivity contribution < 1.29 is 0 Å². The van der Waals surface area contributed by atoms with Crippen molar-refractivity contribution in [2.45, 2.75) is 30.9 Å². The van der Waals surface area contributed by atoms with Crippen molar-refractivity contribution >= 4 is 49.5 Å². The van der Waals surface area contributed by atoms with E-state index >= 15 is 0 Å². The molecule has 1 aromatic rings. The van der Waals surface area contributed by atoms with Crippen molar-refractivity contribution in [2.24, 2.45) is 0 Å². The normalized spacial score (nSPS) is 10.5. The summed E-state index contributed by atoms with van der Waals surface area (Å²) in [7, 11) is 0. The number of hydrogen-bond donors (Lipinski definition) is 0. The molecule has 0 fully saturated rings. The first-order valence-electron chi connectivity index (χ1n) is 4.12. The molecule has 0 radical (unpaired) electrons. The summed E-state index contributed by atoms with van der Waals surface area (Å²) in [6, 6.07) is 2.33. The van der Waals surface area contributed by atoms with Crippen LogP contribution < -0.4 is 8.24 Å². The van der Waals surface area contributed by atoms with E-state index < -0.39 is 0 Å². The van der Waals surface area contributed by atoms with E-state index in [-0.39, 0.29) is 0 Å². The molecule has 0 amide bonds.